The molecule has 0 N–H and O–H groups in total. The molecule has 1 aliphatic rings. The monoisotopic (exact) mass is 312 g/mol. The van der Waals surface area contributed by atoms with Crippen LogP contribution in [0, 0.1) is 11.3 Å². The van der Waals surface area contributed by atoms with E-state index in [1.165, 1.54) is 11.8 Å². The number of benzene rings is 1. The largest absolute Gasteiger partial charge is 0.305 e. The number of thioether (sulfide) groups is 1. The molecule has 0 atom stereocenters. The van der Waals surface area contributed by atoms with Crippen LogP contribution in [0.1, 0.15) is 12.5 Å². The van der Waals surface area contributed by atoms with Crippen LogP contribution in [0.3, 0.4) is 0 Å². The zero-order valence-corrected chi connectivity index (χ0v) is 12.4. The fourth-order valence-electron chi connectivity index (χ4n) is 1.81. The van der Waals surface area contributed by atoms with Crippen molar-refractivity contribution in [2.45, 2.75) is 6.92 Å². The molecule has 6 heteroatoms. The van der Waals surface area contributed by atoms with Crippen LogP contribution in [-0.4, -0.2) is 23.1 Å². The van der Waals surface area contributed by atoms with Gasteiger partial charge in [0.1, 0.15) is 6.07 Å². The summed E-state index contributed by atoms with van der Waals surface area (Å²) in [6.07, 6.45) is 0. The molecule has 1 heterocycles. The number of carbonyl (C=O) groups is 1. The van der Waals surface area contributed by atoms with Crippen LogP contribution in [-0.2, 0) is 4.79 Å². The Bertz CT molecular complexity index is 607. The number of halogens is 2. The Balaban J connectivity index is 2.53. The van der Waals surface area contributed by atoms with E-state index in [9.17, 15) is 10.1 Å². The highest BCUT2D eigenvalue weighted by molar-refractivity contribution is 8.04. The Kier molecular flexibility index (Phi) is 4.41. The van der Waals surface area contributed by atoms with Crippen LogP contribution in [0.25, 0.3) is 5.57 Å². The molecule has 98 valence electrons. The molecule has 0 aromatic heterocycles. The Hall–Kier alpha value is -1.15. The molecule has 1 aliphatic heterocycles. The number of hydrogen-bond acceptors (Lipinski definition) is 3. The number of hydrogen-bond donors (Lipinski definition) is 0. The molecule has 3 nitrogen and oxygen atoms in total. The number of nitriles is 1. The predicted octanol–water partition coefficient (Wildman–Crippen LogP) is 3.78. The smallest absolute Gasteiger partial charge is 0.237 e. The van der Waals surface area contributed by atoms with Gasteiger partial charge in [0.15, 0.2) is 0 Å². The van der Waals surface area contributed by atoms with Gasteiger partial charge in [-0.1, -0.05) is 41.0 Å². The lowest BCUT2D eigenvalue weighted by Crippen LogP contribution is -2.24. The van der Waals surface area contributed by atoms with Crippen molar-refractivity contribution in [1.82, 2.24) is 4.90 Å². The van der Waals surface area contributed by atoms with Crippen molar-refractivity contribution in [2.24, 2.45) is 0 Å². The minimum Gasteiger partial charge on any atom is -0.305 e. The summed E-state index contributed by atoms with van der Waals surface area (Å²) in [5, 5.41) is 10.9. The van der Waals surface area contributed by atoms with Crippen molar-refractivity contribution >= 4 is 46.4 Å². The molecule has 1 aromatic rings. The third kappa shape index (κ3) is 2.74. The van der Waals surface area contributed by atoms with Gasteiger partial charge in [0.2, 0.25) is 5.91 Å². The quantitative estimate of drug-likeness (QED) is 0.781. The number of amides is 1. The van der Waals surface area contributed by atoms with E-state index in [-0.39, 0.29) is 5.91 Å². The van der Waals surface area contributed by atoms with Gasteiger partial charge in [-0.05, 0) is 24.6 Å². The molecule has 0 aliphatic carbocycles. The van der Waals surface area contributed by atoms with E-state index in [0.717, 1.165) is 0 Å². The average molecular weight is 313 g/mol. The van der Waals surface area contributed by atoms with E-state index < -0.39 is 0 Å². The Labute approximate surface area is 125 Å². The molecular formula is C13H10Cl2N2OS. The third-order valence-corrected chi connectivity index (χ3v) is 4.56. The molecule has 1 amide bonds. The highest BCUT2D eigenvalue weighted by Gasteiger charge is 2.28. The maximum atomic E-state index is 11.7. The van der Waals surface area contributed by atoms with E-state index in [2.05, 4.69) is 6.07 Å². The second-order valence-electron chi connectivity index (χ2n) is 3.85. The van der Waals surface area contributed by atoms with Crippen molar-refractivity contribution in [2.75, 3.05) is 12.3 Å². The van der Waals surface area contributed by atoms with E-state index in [1.807, 2.05) is 6.92 Å². The maximum Gasteiger partial charge on any atom is 0.237 e. The topological polar surface area (TPSA) is 44.1 Å². The fraction of sp³-hybridized carbons (Fsp3) is 0.231. The van der Waals surface area contributed by atoms with Gasteiger partial charge < -0.3 is 4.90 Å². The minimum absolute atomic E-state index is 0.0234. The average Bonchev–Trinajstić information content (AvgIpc) is 2.76. The van der Waals surface area contributed by atoms with Crippen LogP contribution in [0.15, 0.2) is 23.2 Å². The van der Waals surface area contributed by atoms with Gasteiger partial charge in [0, 0.05) is 6.54 Å². The van der Waals surface area contributed by atoms with Gasteiger partial charge in [0.05, 0.1) is 26.4 Å². The van der Waals surface area contributed by atoms with Gasteiger partial charge >= 0.3 is 0 Å². The van der Waals surface area contributed by atoms with E-state index in [1.54, 1.807) is 23.1 Å². The van der Waals surface area contributed by atoms with Crippen molar-refractivity contribution in [1.29, 1.82) is 5.26 Å². The molecule has 2 rings (SSSR count). The molecule has 19 heavy (non-hydrogen) atoms. The molecule has 0 saturated carbocycles. The number of allylic oxidation sites excluding steroid dienone is 1. The molecule has 0 spiro atoms. The van der Waals surface area contributed by atoms with Crippen LogP contribution in [0.2, 0.25) is 10.0 Å². The van der Waals surface area contributed by atoms with E-state index in [0.29, 0.717) is 38.5 Å². The summed E-state index contributed by atoms with van der Waals surface area (Å²) in [7, 11) is 0. The van der Waals surface area contributed by atoms with E-state index in [4.69, 9.17) is 23.2 Å². The zero-order chi connectivity index (χ0) is 14.0. The summed E-state index contributed by atoms with van der Waals surface area (Å²) in [6.45, 7) is 2.43. The van der Waals surface area contributed by atoms with Crippen LogP contribution in [0.4, 0.5) is 0 Å². The van der Waals surface area contributed by atoms with Gasteiger partial charge in [-0.25, -0.2) is 0 Å². The predicted molar refractivity (Wildman–Crippen MR) is 78.8 cm³/mol. The van der Waals surface area contributed by atoms with Crippen molar-refractivity contribution in [3.63, 3.8) is 0 Å². The highest BCUT2D eigenvalue weighted by atomic mass is 35.5. The summed E-state index contributed by atoms with van der Waals surface area (Å²) in [6, 6.07) is 7.18. The summed E-state index contributed by atoms with van der Waals surface area (Å²) >= 11 is 13.2. The lowest BCUT2D eigenvalue weighted by Gasteiger charge is -2.16. The Morgan fingerprint density at radius 3 is 2.79 bits per heavy atom. The Morgan fingerprint density at radius 1 is 1.47 bits per heavy atom. The maximum absolute atomic E-state index is 11.7. The Morgan fingerprint density at radius 2 is 2.21 bits per heavy atom. The number of carbonyl (C=O) groups excluding carboxylic acids is 1. The van der Waals surface area contributed by atoms with Gasteiger partial charge in [0.25, 0.3) is 0 Å². The molecule has 0 unspecified atom stereocenters. The first-order valence-corrected chi connectivity index (χ1v) is 7.35. The minimum atomic E-state index is 0.0234. The molecule has 1 aromatic carbocycles. The zero-order valence-electron chi connectivity index (χ0n) is 10.1. The summed E-state index contributed by atoms with van der Waals surface area (Å²) in [4.78, 5) is 13.3. The first-order chi connectivity index (χ1) is 9.08. The van der Waals surface area contributed by atoms with Crippen molar-refractivity contribution in [3.05, 3.63) is 38.8 Å². The number of rotatable bonds is 2. The third-order valence-electron chi connectivity index (χ3n) is 2.73. The van der Waals surface area contributed by atoms with Gasteiger partial charge in [-0.2, -0.15) is 5.26 Å². The summed E-state index contributed by atoms with van der Waals surface area (Å²) < 4.78 is 0. The molecule has 1 fully saturated rings. The molecule has 0 bridgehead atoms. The second-order valence-corrected chi connectivity index (χ2v) is 5.63. The van der Waals surface area contributed by atoms with Crippen molar-refractivity contribution in [3.8, 4) is 6.07 Å². The van der Waals surface area contributed by atoms with Gasteiger partial charge in [-0.3, -0.25) is 4.79 Å². The van der Waals surface area contributed by atoms with Crippen LogP contribution in [0.5, 0.6) is 0 Å². The lowest BCUT2D eigenvalue weighted by atomic mass is 10.1. The summed E-state index contributed by atoms with van der Waals surface area (Å²) in [5.41, 5.74) is 1.13. The number of nitrogens with zero attached hydrogens (tertiary/aromatic N) is 2. The highest BCUT2D eigenvalue weighted by Crippen LogP contribution is 2.36. The lowest BCUT2D eigenvalue weighted by molar-refractivity contribution is -0.125. The fourth-order valence-corrected chi connectivity index (χ4v) is 3.22. The van der Waals surface area contributed by atoms with Gasteiger partial charge in [-0.15, -0.1) is 0 Å². The standard InChI is InChI=1S/C13H10Cl2N2OS/c1-2-17-12(18)7-19-13(17)9(6-16)8-3-4-10(14)11(15)5-8/h3-5H,2,7H2,1H3/b13-9-. The normalized spacial score (nSPS) is 17.6. The van der Waals surface area contributed by atoms with E-state index >= 15 is 0 Å². The second kappa shape index (κ2) is 5.87. The molecular weight excluding hydrogens is 303 g/mol. The van der Waals surface area contributed by atoms with Crippen molar-refractivity contribution < 1.29 is 4.79 Å². The molecule has 0 radical (unpaired) electrons. The van der Waals surface area contributed by atoms with Crippen LogP contribution >= 0.6 is 35.0 Å². The molecule has 1 saturated heterocycles. The first kappa shape index (κ1) is 14.3. The first-order valence-electron chi connectivity index (χ1n) is 5.61. The summed E-state index contributed by atoms with van der Waals surface area (Å²) in [5.74, 6) is 0.394. The van der Waals surface area contributed by atoms with Crippen LogP contribution < -0.4 is 0 Å². The SMILES string of the molecule is CCN1C(=O)CS/C1=C(/C#N)c1ccc(Cl)c(Cl)c1.